The number of hydrogen-bond donors (Lipinski definition) is 0. The third-order valence-electron chi connectivity index (χ3n) is 3.43. The molecule has 0 saturated carbocycles. The minimum Gasteiger partial charge on any atom is -0.372 e. The second-order valence-corrected chi connectivity index (χ2v) is 4.69. The second-order valence-electron chi connectivity index (χ2n) is 4.69. The van der Waals surface area contributed by atoms with Gasteiger partial charge in [0.1, 0.15) is 6.61 Å². The number of carbonyl (C=O) groups is 1. The number of aromatic nitrogens is 2. The standard InChI is InChI=1S/C13H21N3O3/c1-3-11-14-13(19-15-11)10-5-7-16(8-6-10)12(17)9-18-4-2/h10H,3-9H2,1-2H3. The number of aryl methyl sites for hydroxylation is 1. The Morgan fingerprint density at radius 1 is 1.42 bits per heavy atom. The molecule has 0 atom stereocenters. The Labute approximate surface area is 113 Å². The molecule has 0 bridgehead atoms. The van der Waals surface area contributed by atoms with Crippen LogP contribution in [0.15, 0.2) is 4.52 Å². The lowest BCUT2D eigenvalue weighted by atomic mass is 9.97. The van der Waals surface area contributed by atoms with E-state index in [-0.39, 0.29) is 18.4 Å². The Kier molecular flexibility index (Phi) is 4.90. The normalized spacial score (nSPS) is 16.8. The fourth-order valence-electron chi connectivity index (χ4n) is 2.23. The van der Waals surface area contributed by atoms with Gasteiger partial charge in [0.2, 0.25) is 11.8 Å². The predicted octanol–water partition coefficient (Wildman–Crippen LogP) is 1.37. The fraction of sp³-hybridized carbons (Fsp3) is 0.769. The summed E-state index contributed by atoms with van der Waals surface area (Å²) in [7, 11) is 0. The average molecular weight is 267 g/mol. The van der Waals surface area contributed by atoms with E-state index in [4.69, 9.17) is 9.26 Å². The van der Waals surface area contributed by atoms with Crippen LogP contribution in [0, 0.1) is 0 Å². The van der Waals surface area contributed by atoms with Gasteiger partial charge in [-0.05, 0) is 19.8 Å². The lowest BCUT2D eigenvalue weighted by Gasteiger charge is -2.30. The molecule has 19 heavy (non-hydrogen) atoms. The predicted molar refractivity (Wildman–Crippen MR) is 68.7 cm³/mol. The molecule has 106 valence electrons. The quantitative estimate of drug-likeness (QED) is 0.806. The summed E-state index contributed by atoms with van der Waals surface area (Å²) >= 11 is 0. The first-order chi connectivity index (χ1) is 9.24. The highest BCUT2D eigenvalue weighted by Gasteiger charge is 2.27. The molecule has 6 nitrogen and oxygen atoms in total. The monoisotopic (exact) mass is 267 g/mol. The molecule has 1 aliphatic heterocycles. The summed E-state index contributed by atoms with van der Waals surface area (Å²) in [6, 6.07) is 0. The maximum atomic E-state index is 11.8. The first-order valence-corrected chi connectivity index (χ1v) is 6.92. The maximum Gasteiger partial charge on any atom is 0.248 e. The van der Waals surface area contributed by atoms with Crippen LogP contribution in [0.3, 0.4) is 0 Å². The zero-order valence-corrected chi connectivity index (χ0v) is 11.6. The van der Waals surface area contributed by atoms with Crippen LogP contribution in [0.4, 0.5) is 0 Å². The highest BCUT2D eigenvalue weighted by Crippen LogP contribution is 2.26. The Bertz CT molecular complexity index is 411. The number of nitrogens with zero attached hydrogens (tertiary/aromatic N) is 3. The van der Waals surface area contributed by atoms with E-state index in [1.807, 2.05) is 18.7 Å². The van der Waals surface area contributed by atoms with E-state index in [1.165, 1.54) is 0 Å². The minimum atomic E-state index is 0.0695. The zero-order valence-electron chi connectivity index (χ0n) is 11.6. The molecule has 2 heterocycles. The number of ether oxygens (including phenoxy) is 1. The van der Waals surface area contributed by atoms with E-state index in [1.54, 1.807) is 0 Å². The minimum absolute atomic E-state index is 0.0695. The summed E-state index contributed by atoms with van der Waals surface area (Å²) in [5.74, 6) is 1.82. The molecule has 1 aromatic heterocycles. The van der Waals surface area contributed by atoms with E-state index < -0.39 is 0 Å². The van der Waals surface area contributed by atoms with Crippen molar-refractivity contribution in [1.29, 1.82) is 0 Å². The van der Waals surface area contributed by atoms with E-state index in [0.29, 0.717) is 12.5 Å². The maximum absolute atomic E-state index is 11.8. The van der Waals surface area contributed by atoms with E-state index in [0.717, 1.165) is 38.2 Å². The first kappa shape index (κ1) is 14.0. The third kappa shape index (κ3) is 3.53. The van der Waals surface area contributed by atoms with Crippen LogP contribution >= 0.6 is 0 Å². The van der Waals surface area contributed by atoms with Gasteiger partial charge >= 0.3 is 0 Å². The highest BCUT2D eigenvalue weighted by atomic mass is 16.5. The number of rotatable bonds is 5. The van der Waals surface area contributed by atoms with Crippen LogP contribution in [-0.2, 0) is 16.0 Å². The topological polar surface area (TPSA) is 68.5 Å². The summed E-state index contributed by atoms with van der Waals surface area (Å²) in [6.45, 7) is 6.12. The molecule has 1 aromatic rings. The molecule has 0 N–H and O–H groups in total. The van der Waals surface area contributed by atoms with Crippen molar-refractivity contribution in [3.05, 3.63) is 11.7 Å². The van der Waals surface area contributed by atoms with Crippen molar-refractivity contribution < 1.29 is 14.1 Å². The number of carbonyl (C=O) groups excluding carboxylic acids is 1. The van der Waals surface area contributed by atoms with Crippen LogP contribution in [0.25, 0.3) is 0 Å². The molecular weight excluding hydrogens is 246 g/mol. The van der Waals surface area contributed by atoms with Crippen LogP contribution < -0.4 is 0 Å². The number of piperidine rings is 1. The van der Waals surface area contributed by atoms with Crippen LogP contribution in [0.5, 0.6) is 0 Å². The van der Waals surface area contributed by atoms with Crippen LogP contribution in [0.1, 0.15) is 44.3 Å². The lowest BCUT2D eigenvalue weighted by molar-refractivity contribution is -0.137. The van der Waals surface area contributed by atoms with Gasteiger partial charge in [0.05, 0.1) is 0 Å². The summed E-state index contributed by atoms with van der Waals surface area (Å²) in [4.78, 5) is 18.0. The molecule has 0 spiro atoms. The third-order valence-corrected chi connectivity index (χ3v) is 3.43. The molecule has 1 fully saturated rings. The van der Waals surface area contributed by atoms with Crippen molar-refractivity contribution in [3.8, 4) is 0 Å². The largest absolute Gasteiger partial charge is 0.372 e. The van der Waals surface area contributed by atoms with E-state index in [2.05, 4.69) is 10.1 Å². The Balaban J connectivity index is 1.83. The molecule has 1 amide bonds. The van der Waals surface area contributed by atoms with Crippen molar-refractivity contribution in [2.24, 2.45) is 0 Å². The molecule has 6 heteroatoms. The van der Waals surface area contributed by atoms with E-state index in [9.17, 15) is 4.79 Å². The van der Waals surface area contributed by atoms with Gasteiger partial charge in [0, 0.05) is 32.0 Å². The van der Waals surface area contributed by atoms with Crippen molar-refractivity contribution >= 4 is 5.91 Å². The number of hydrogen-bond acceptors (Lipinski definition) is 5. The summed E-state index contributed by atoms with van der Waals surface area (Å²) in [5, 5.41) is 3.92. The molecule has 0 radical (unpaired) electrons. The highest BCUT2D eigenvalue weighted by molar-refractivity contribution is 5.77. The van der Waals surface area contributed by atoms with Gasteiger partial charge < -0.3 is 14.2 Å². The molecule has 2 rings (SSSR count). The smallest absolute Gasteiger partial charge is 0.248 e. The Morgan fingerprint density at radius 2 is 2.16 bits per heavy atom. The second kappa shape index (κ2) is 6.65. The Morgan fingerprint density at radius 3 is 2.74 bits per heavy atom. The molecule has 1 saturated heterocycles. The van der Waals surface area contributed by atoms with Crippen molar-refractivity contribution in [2.75, 3.05) is 26.3 Å². The van der Waals surface area contributed by atoms with Crippen molar-refractivity contribution in [2.45, 2.75) is 39.0 Å². The lowest BCUT2D eigenvalue weighted by Crippen LogP contribution is -2.40. The molecule has 0 unspecified atom stereocenters. The van der Waals surface area contributed by atoms with Gasteiger partial charge in [0.15, 0.2) is 5.82 Å². The van der Waals surface area contributed by atoms with Crippen LogP contribution in [0.2, 0.25) is 0 Å². The van der Waals surface area contributed by atoms with Crippen LogP contribution in [-0.4, -0.2) is 47.3 Å². The molecular formula is C13H21N3O3. The fourth-order valence-corrected chi connectivity index (χ4v) is 2.23. The zero-order chi connectivity index (χ0) is 13.7. The average Bonchev–Trinajstić information content (AvgIpc) is 2.94. The summed E-state index contributed by atoms with van der Waals surface area (Å²) < 4.78 is 10.4. The Hall–Kier alpha value is -1.43. The van der Waals surface area contributed by atoms with E-state index >= 15 is 0 Å². The van der Waals surface area contributed by atoms with Crippen molar-refractivity contribution in [1.82, 2.24) is 15.0 Å². The van der Waals surface area contributed by atoms with Gasteiger partial charge in [-0.3, -0.25) is 4.79 Å². The van der Waals surface area contributed by atoms with Crippen molar-refractivity contribution in [3.63, 3.8) is 0 Å². The summed E-state index contributed by atoms with van der Waals surface area (Å²) in [5.41, 5.74) is 0. The SMILES string of the molecule is CCOCC(=O)N1CCC(c2nc(CC)no2)CC1. The van der Waals surface area contributed by atoms with Gasteiger partial charge in [-0.1, -0.05) is 12.1 Å². The molecule has 0 aromatic carbocycles. The number of amides is 1. The first-order valence-electron chi connectivity index (χ1n) is 6.92. The molecule has 0 aliphatic carbocycles. The molecule has 1 aliphatic rings. The van der Waals surface area contributed by atoms with Gasteiger partial charge in [-0.2, -0.15) is 4.98 Å². The van der Waals surface area contributed by atoms with Gasteiger partial charge in [-0.15, -0.1) is 0 Å². The number of likely N-dealkylation sites (tertiary alicyclic amines) is 1. The van der Waals surface area contributed by atoms with Gasteiger partial charge in [0.25, 0.3) is 0 Å². The summed E-state index contributed by atoms with van der Waals surface area (Å²) in [6.07, 6.45) is 2.54. The van der Waals surface area contributed by atoms with Gasteiger partial charge in [-0.25, -0.2) is 0 Å².